The Balaban J connectivity index is 1.52. The molecule has 1 amide bonds. The summed E-state index contributed by atoms with van der Waals surface area (Å²) in [4.78, 5) is 41.5. The minimum absolute atomic E-state index is 0.0986. The molecule has 1 unspecified atom stereocenters. The molecule has 2 aromatic heterocycles. The molecule has 0 radical (unpaired) electrons. The van der Waals surface area contributed by atoms with Crippen molar-refractivity contribution in [2.24, 2.45) is 7.05 Å². The number of aromatic nitrogens is 4. The Bertz CT molecular complexity index is 1770. The summed E-state index contributed by atoms with van der Waals surface area (Å²) in [5.74, 6) is -4.44. The lowest BCUT2D eigenvalue weighted by molar-refractivity contribution is -0.122. The van der Waals surface area contributed by atoms with E-state index in [-0.39, 0.29) is 22.4 Å². The van der Waals surface area contributed by atoms with E-state index in [1.54, 1.807) is 30.1 Å². The van der Waals surface area contributed by atoms with E-state index in [0.29, 0.717) is 39.8 Å². The van der Waals surface area contributed by atoms with Crippen LogP contribution in [0.4, 0.5) is 24.7 Å². The third-order valence-corrected chi connectivity index (χ3v) is 7.49. The molecule has 2 N–H and O–H groups in total. The number of amides is 1. The average Bonchev–Trinajstić information content (AvgIpc) is 3.49. The number of carbonyl (C=O) groups excluding carboxylic acids is 1. The number of benzene rings is 2. The van der Waals surface area contributed by atoms with Gasteiger partial charge < -0.3 is 15.5 Å². The van der Waals surface area contributed by atoms with E-state index in [2.05, 4.69) is 20.6 Å². The zero-order valence-electron chi connectivity index (χ0n) is 22.3. The van der Waals surface area contributed by atoms with E-state index < -0.39 is 47.7 Å². The highest BCUT2D eigenvalue weighted by Crippen LogP contribution is 2.30. The molecule has 1 saturated heterocycles. The second kappa shape index (κ2) is 11.4. The van der Waals surface area contributed by atoms with Gasteiger partial charge in [0.15, 0.2) is 11.6 Å². The first-order valence-corrected chi connectivity index (χ1v) is 13.2. The number of likely N-dealkylation sites (tertiary alicyclic amines) is 1. The molecule has 0 spiro atoms. The Morgan fingerprint density at radius 3 is 2.54 bits per heavy atom. The SMILES string of the molecule is CN1CCCC1CNC(=O)Cn1c(=O)cc(Nc2cc3cn(C)nc3cc2Cl)n(Cc2cc(F)c(F)cc2F)c1=O. The zero-order valence-corrected chi connectivity index (χ0v) is 23.0. The molecule has 41 heavy (non-hydrogen) atoms. The summed E-state index contributed by atoms with van der Waals surface area (Å²) in [5.41, 5.74) is -1.19. The van der Waals surface area contributed by atoms with E-state index in [9.17, 15) is 27.6 Å². The van der Waals surface area contributed by atoms with Crippen LogP contribution in [0.15, 0.2) is 46.1 Å². The molecular weight excluding hydrogens is 563 g/mol. The van der Waals surface area contributed by atoms with E-state index in [1.165, 1.54) is 0 Å². The number of likely N-dealkylation sites (N-methyl/N-ethyl adjacent to an activating group) is 1. The molecule has 2 aromatic carbocycles. The molecule has 1 aliphatic heterocycles. The Hall–Kier alpha value is -4.10. The van der Waals surface area contributed by atoms with Crippen LogP contribution >= 0.6 is 11.6 Å². The normalized spacial score (nSPS) is 15.5. The molecule has 1 aliphatic rings. The van der Waals surface area contributed by atoms with Gasteiger partial charge in [-0.15, -0.1) is 0 Å². The number of hydrogen-bond donors (Lipinski definition) is 2. The number of halogens is 4. The molecule has 5 rings (SSSR count). The molecule has 0 saturated carbocycles. The van der Waals surface area contributed by atoms with Crippen molar-refractivity contribution in [3.8, 4) is 0 Å². The minimum atomic E-state index is -1.39. The van der Waals surface area contributed by atoms with Gasteiger partial charge in [0.05, 0.1) is 22.8 Å². The van der Waals surface area contributed by atoms with E-state index in [1.807, 2.05) is 7.05 Å². The molecule has 216 valence electrons. The van der Waals surface area contributed by atoms with Crippen molar-refractivity contribution < 1.29 is 18.0 Å². The second-order valence-electron chi connectivity index (χ2n) is 10.1. The van der Waals surface area contributed by atoms with Crippen LogP contribution in [0.1, 0.15) is 18.4 Å². The number of nitrogens with zero attached hydrogens (tertiary/aromatic N) is 5. The maximum Gasteiger partial charge on any atom is 0.333 e. The number of carbonyl (C=O) groups is 1. The first-order chi connectivity index (χ1) is 19.5. The highest BCUT2D eigenvalue weighted by molar-refractivity contribution is 6.34. The van der Waals surface area contributed by atoms with Crippen LogP contribution in [0.5, 0.6) is 0 Å². The summed E-state index contributed by atoms with van der Waals surface area (Å²) < 4.78 is 45.4. The van der Waals surface area contributed by atoms with Crippen molar-refractivity contribution in [2.75, 3.05) is 25.5 Å². The van der Waals surface area contributed by atoms with Crippen LogP contribution < -0.4 is 21.9 Å². The van der Waals surface area contributed by atoms with Crippen LogP contribution in [-0.4, -0.2) is 55.9 Å². The van der Waals surface area contributed by atoms with Crippen LogP contribution in [0, 0.1) is 17.5 Å². The summed E-state index contributed by atoms with van der Waals surface area (Å²) in [6.45, 7) is 0.105. The van der Waals surface area contributed by atoms with E-state index in [4.69, 9.17) is 11.6 Å². The first-order valence-electron chi connectivity index (χ1n) is 12.8. The Morgan fingerprint density at radius 1 is 1.05 bits per heavy atom. The Labute approximate surface area is 236 Å². The number of hydrogen-bond acceptors (Lipinski definition) is 6. The van der Waals surface area contributed by atoms with Crippen molar-refractivity contribution in [3.05, 3.63) is 85.4 Å². The molecule has 1 atom stereocenters. The van der Waals surface area contributed by atoms with E-state index >= 15 is 0 Å². The summed E-state index contributed by atoms with van der Waals surface area (Å²) in [7, 11) is 3.69. The molecule has 1 fully saturated rings. The van der Waals surface area contributed by atoms with Crippen molar-refractivity contribution >= 4 is 39.9 Å². The summed E-state index contributed by atoms with van der Waals surface area (Å²) in [5, 5.41) is 10.9. The molecule has 3 heterocycles. The van der Waals surface area contributed by atoms with Crippen LogP contribution in [0.25, 0.3) is 10.9 Å². The first kappa shape index (κ1) is 28.4. The molecule has 14 heteroatoms. The van der Waals surface area contributed by atoms with Gasteiger partial charge in [0.25, 0.3) is 5.56 Å². The van der Waals surface area contributed by atoms with Crippen molar-refractivity contribution in [2.45, 2.75) is 32.0 Å². The van der Waals surface area contributed by atoms with Crippen molar-refractivity contribution in [1.29, 1.82) is 0 Å². The van der Waals surface area contributed by atoms with Gasteiger partial charge in [-0.25, -0.2) is 18.0 Å². The monoisotopic (exact) mass is 589 g/mol. The quantitative estimate of drug-likeness (QED) is 0.306. The number of aryl methyl sites for hydroxylation is 1. The predicted molar refractivity (Wildman–Crippen MR) is 148 cm³/mol. The van der Waals surface area contributed by atoms with Crippen molar-refractivity contribution in [3.63, 3.8) is 0 Å². The van der Waals surface area contributed by atoms with Gasteiger partial charge >= 0.3 is 5.69 Å². The van der Waals surface area contributed by atoms with Crippen LogP contribution in [0.2, 0.25) is 5.02 Å². The van der Waals surface area contributed by atoms with Gasteiger partial charge in [0.2, 0.25) is 5.91 Å². The molecule has 0 aliphatic carbocycles. The largest absolute Gasteiger partial charge is 0.353 e. The fourth-order valence-corrected chi connectivity index (χ4v) is 5.15. The fourth-order valence-electron chi connectivity index (χ4n) is 4.94. The average molecular weight is 590 g/mol. The van der Waals surface area contributed by atoms with Gasteiger partial charge in [-0.1, -0.05) is 11.6 Å². The Morgan fingerprint density at radius 2 is 1.80 bits per heavy atom. The summed E-state index contributed by atoms with van der Waals surface area (Å²) in [6, 6.07) is 5.45. The number of nitrogens with one attached hydrogen (secondary N) is 2. The van der Waals surface area contributed by atoms with Gasteiger partial charge in [0, 0.05) is 48.9 Å². The van der Waals surface area contributed by atoms with E-state index in [0.717, 1.165) is 30.0 Å². The minimum Gasteiger partial charge on any atom is -0.353 e. The lowest BCUT2D eigenvalue weighted by Crippen LogP contribution is -2.46. The molecule has 4 aromatic rings. The maximum absolute atomic E-state index is 14.6. The summed E-state index contributed by atoms with van der Waals surface area (Å²) in [6.07, 6.45) is 3.66. The van der Waals surface area contributed by atoms with Crippen LogP contribution in [0.3, 0.4) is 0 Å². The highest BCUT2D eigenvalue weighted by atomic mass is 35.5. The highest BCUT2D eigenvalue weighted by Gasteiger charge is 2.22. The van der Waals surface area contributed by atoms with Crippen molar-refractivity contribution in [1.82, 2.24) is 29.1 Å². The third-order valence-electron chi connectivity index (χ3n) is 7.18. The standard InChI is InChI=1S/C27H27ClF3N7O3/c1-35-5-3-4-17(35)11-32-25(39)14-38-26(40)10-24(33-23-7-16-12-36(2)34-22(16)8-18(23)28)37(27(38)41)13-15-6-20(30)21(31)9-19(15)29/h6-10,12,17,33H,3-5,11,13-14H2,1-2H3,(H,32,39). The fraction of sp³-hybridized carbons (Fsp3) is 0.333. The molecule has 0 bridgehead atoms. The molecule has 10 nitrogen and oxygen atoms in total. The third kappa shape index (κ3) is 6.00. The topological polar surface area (TPSA) is 106 Å². The molecular formula is C27H27ClF3N7O3. The lowest BCUT2D eigenvalue weighted by atomic mass is 10.2. The van der Waals surface area contributed by atoms with Gasteiger partial charge in [-0.05, 0) is 44.6 Å². The Kier molecular flexibility index (Phi) is 7.91. The maximum atomic E-state index is 14.6. The number of anilines is 2. The second-order valence-corrected chi connectivity index (χ2v) is 10.5. The smallest absolute Gasteiger partial charge is 0.333 e. The predicted octanol–water partition coefficient (Wildman–Crippen LogP) is 2.97. The zero-order chi connectivity index (χ0) is 29.4. The van der Waals surface area contributed by atoms with Gasteiger partial charge in [0.1, 0.15) is 18.2 Å². The number of fused-ring (bicyclic) bond motifs is 1. The number of rotatable bonds is 8. The van der Waals surface area contributed by atoms with Crippen LogP contribution in [-0.2, 0) is 24.9 Å². The summed E-state index contributed by atoms with van der Waals surface area (Å²) >= 11 is 6.43. The van der Waals surface area contributed by atoms with Gasteiger partial charge in [-0.2, -0.15) is 5.10 Å². The van der Waals surface area contributed by atoms with Gasteiger partial charge in [-0.3, -0.25) is 23.4 Å². The lowest BCUT2D eigenvalue weighted by Gasteiger charge is -2.20.